The zero-order valence-electron chi connectivity index (χ0n) is 18.9. The first-order valence-corrected chi connectivity index (χ1v) is 9.71. The van der Waals surface area contributed by atoms with Crippen molar-refractivity contribution in [3.8, 4) is 23.0 Å². The minimum absolute atomic E-state index is 0.0551. The summed E-state index contributed by atoms with van der Waals surface area (Å²) < 4.78 is 38.0. The first-order chi connectivity index (χ1) is 15.4. The Kier molecular flexibility index (Phi) is 6.95. The average Bonchev–Trinajstić information content (AvgIpc) is 2.81. The fraction of sp³-hybridized carbons (Fsp3) is 0.292. The Labute approximate surface area is 186 Å². The Balaban J connectivity index is 2.02. The molecule has 1 aliphatic rings. The molecule has 8 nitrogen and oxygen atoms in total. The van der Waals surface area contributed by atoms with Gasteiger partial charge >= 0.3 is 5.97 Å². The van der Waals surface area contributed by atoms with Crippen LogP contribution in [0.25, 0.3) is 12.2 Å². The highest BCUT2D eigenvalue weighted by Gasteiger charge is 2.40. The molecule has 0 bridgehead atoms. The molecule has 0 aliphatic carbocycles. The third-order valence-electron chi connectivity index (χ3n) is 4.82. The summed E-state index contributed by atoms with van der Waals surface area (Å²) in [4.78, 5) is 13.1. The summed E-state index contributed by atoms with van der Waals surface area (Å²) in [5.41, 5.74) is 1.36. The van der Waals surface area contributed by atoms with Gasteiger partial charge in [-0.15, -0.1) is 0 Å². The standard InChI is InChI=1S/C24H26O8/c1-24(30-6)31-21(13-15-7-9-17(26-2)19(11-15)28-4)23(25)22(32-24)14-16-8-10-18(27-3)20(12-16)29-5/h7-14H,1-6H3/b21-13-,22-14-. The Morgan fingerprint density at radius 2 is 1.09 bits per heavy atom. The molecule has 0 radical (unpaired) electrons. The molecule has 1 fully saturated rings. The van der Waals surface area contributed by atoms with E-state index in [4.69, 9.17) is 33.2 Å². The smallest absolute Gasteiger partial charge is 0.368 e. The van der Waals surface area contributed by atoms with Gasteiger partial charge in [0.1, 0.15) is 0 Å². The number of rotatable bonds is 7. The summed E-state index contributed by atoms with van der Waals surface area (Å²) in [6.07, 6.45) is 3.18. The second kappa shape index (κ2) is 9.65. The summed E-state index contributed by atoms with van der Waals surface area (Å²) in [7, 11) is 7.61. The molecule has 32 heavy (non-hydrogen) atoms. The van der Waals surface area contributed by atoms with Crippen molar-refractivity contribution in [3.05, 3.63) is 59.0 Å². The molecular formula is C24H26O8. The lowest BCUT2D eigenvalue weighted by Gasteiger charge is -2.34. The SMILES string of the molecule is COc1ccc(/C=C2\OC(C)(OC)O/C(=C\c3ccc(OC)c(OC)c3)C2=O)cc1OC. The fourth-order valence-corrected chi connectivity index (χ4v) is 3.10. The van der Waals surface area contributed by atoms with Gasteiger partial charge in [-0.3, -0.25) is 4.79 Å². The molecule has 0 atom stereocenters. The van der Waals surface area contributed by atoms with Crippen LogP contribution in [-0.2, 0) is 19.0 Å². The normalized spacial score (nSPS) is 20.5. The Morgan fingerprint density at radius 3 is 1.44 bits per heavy atom. The van der Waals surface area contributed by atoms with Gasteiger partial charge in [0, 0.05) is 14.0 Å². The lowest BCUT2D eigenvalue weighted by molar-refractivity contribution is -0.334. The number of ether oxygens (including phenoxy) is 7. The molecular weight excluding hydrogens is 416 g/mol. The van der Waals surface area contributed by atoms with Crippen LogP contribution in [0.4, 0.5) is 0 Å². The van der Waals surface area contributed by atoms with Gasteiger partial charge < -0.3 is 33.2 Å². The predicted octanol–water partition coefficient (Wildman–Crippen LogP) is 4.04. The first-order valence-electron chi connectivity index (χ1n) is 9.71. The zero-order chi connectivity index (χ0) is 23.3. The molecule has 1 heterocycles. The number of methoxy groups -OCH3 is 5. The van der Waals surface area contributed by atoms with Crippen LogP contribution in [0, 0.1) is 0 Å². The molecule has 0 N–H and O–H groups in total. The van der Waals surface area contributed by atoms with Gasteiger partial charge in [0.15, 0.2) is 34.5 Å². The van der Waals surface area contributed by atoms with Crippen molar-refractivity contribution in [2.45, 2.75) is 12.9 Å². The maximum absolute atomic E-state index is 13.1. The third kappa shape index (κ3) is 4.81. The summed E-state index contributed by atoms with van der Waals surface area (Å²) in [6.45, 7) is 1.57. The Hall–Kier alpha value is -3.65. The van der Waals surface area contributed by atoms with Crippen LogP contribution in [0.15, 0.2) is 47.9 Å². The van der Waals surface area contributed by atoms with Crippen molar-refractivity contribution >= 4 is 17.9 Å². The van der Waals surface area contributed by atoms with Crippen molar-refractivity contribution in [2.24, 2.45) is 0 Å². The van der Waals surface area contributed by atoms with Gasteiger partial charge in [0.25, 0.3) is 5.78 Å². The summed E-state index contributed by atoms with van der Waals surface area (Å²) in [6, 6.07) is 10.5. The molecule has 2 aromatic rings. The second-order valence-corrected chi connectivity index (χ2v) is 6.85. The highest BCUT2D eigenvalue weighted by Crippen LogP contribution is 2.35. The van der Waals surface area contributed by atoms with Crippen LogP contribution in [-0.4, -0.2) is 47.3 Å². The number of carbonyl (C=O) groups excluding carboxylic acids is 1. The number of hydrogen-bond acceptors (Lipinski definition) is 8. The number of ketones is 1. The number of Topliss-reactive ketones (excluding diaryl/α,β-unsaturated/α-hetero) is 1. The molecule has 8 heteroatoms. The quantitative estimate of drug-likeness (QED) is 0.595. The van der Waals surface area contributed by atoms with E-state index in [-0.39, 0.29) is 11.5 Å². The van der Waals surface area contributed by atoms with Gasteiger partial charge in [-0.25, -0.2) is 0 Å². The van der Waals surface area contributed by atoms with Crippen molar-refractivity contribution in [2.75, 3.05) is 35.5 Å². The highest BCUT2D eigenvalue weighted by atomic mass is 16.9. The molecule has 2 aromatic carbocycles. The van der Waals surface area contributed by atoms with Crippen LogP contribution >= 0.6 is 0 Å². The summed E-state index contributed by atoms with van der Waals surface area (Å²) in [5.74, 6) is 0.380. The Morgan fingerprint density at radius 1 is 0.688 bits per heavy atom. The molecule has 3 rings (SSSR count). The van der Waals surface area contributed by atoms with E-state index >= 15 is 0 Å². The molecule has 170 valence electrons. The third-order valence-corrected chi connectivity index (χ3v) is 4.82. The van der Waals surface area contributed by atoms with E-state index in [1.807, 2.05) is 0 Å². The molecule has 0 unspecified atom stereocenters. The first kappa shape index (κ1) is 23.0. The summed E-state index contributed by atoms with van der Waals surface area (Å²) >= 11 is 0. The van der Waals surface area contributed by atoms with Crippen LogP contribution in [0.5, 0.6) is 23.0 Å². The van der Waals surface area contributed by atoms with E-state index in [1.165, 1.54) is 21.3 Å². The van der Waals surface area contributed by atoms with E-state index < -0.39 is 11.8 Å². The minimum Gasteiger partial charge on any atom is -0.493 e. The fourth-order valence-electron chi connectivity index (χ4n) is 3.10. The van der Waals surface area contributed by atoms with Gasteiger partial charge in [0.2, 0.25) is 0 Å². The monoisotopic (exact) mass is 442 g/mol. The maximum Gasteiger partial charge on any atom is 0.368 e. The van der Waals surface area contributed by atoms with Crippen molar-refractivity contribution in [1.29, 1.82) is 0 Å². The molecule has 1 aliphatic heterocycles. The number of carbonyl (C=O) groups is 1. The van der Waals surface area contributed by atoms with E-state index in [0.717, 1.165) is 0 Å². The van der Waals surface area contributed by atoms with E-state index in [1.54, 1.807) is 69.7 Å². The van der Waals surface area contributed by atoms with E-state index in [9.17, 15) is 4.79 Å². The lowest BCUT2D eigenvalue weighted by atomic mass is 10.1. The van der Waals surface area contributed by atoms with Crippen LogP contribution in [0.3, 0.4) is 0 Å². The minimum atomic E-state index is -1.49. The average molecular weight is 442 g/mol. The molecule has 0 aromatic heterocycles. The van der Waals surface area contributed by atoms with Gasteiger partial charge in [-0.1, -0.05) is 12.1 Å². The van der Waals surface area contributed by atoms with Crippen LogP contribution < -0.4 is 18.9 Å². The zero-order valence-corrected chi connectivity index (χ0v) is 18.9. The van der Waals surface area contributed by atoms with Gasteiger partial charge in [0.05, 0.1) is 28.4 Å². The largest absolute Gasteiger partial charge is 0.493 e. The lowest BCUT2D eigenvalue weighted by Crippen LogP contribution is -2.41. The highest BCUT2D eigenvalue weighted by molar-refractivity contribution is 6.11. The van der Waals surface area contributed by atoms with Gasteiger partial charge in [-0.2, -0.15) is 0 Å². The molecule has 0 saturated carbocycles. The summed E-state index contributed by atoms with van der Waals surface area (Å²) in [5, 5.41) is 0. The van der Waals surface area contributed by atoms with Crippen molar-refractivity contribution in [1.82, 2.24) is 0 Å². The van der Waals surface area contributed by atoms with Crippen molar-refractivity contribution in [3.63, 3.8) is 0 Å². The van der Waals surface area contributed by atoms with Crippen LogP contribution in [0.2, 0.25) is 0 Å². The van der Waals surface area contributed by atoms with Gasteiger partial charge in [-0.05, 0) is 47.5 Å². The molecule has 1 saturated heterocycles. The molecule has 0 amide bonds. The van der Waals surface area contributed by atoms with E-state index in [2.05, 4.69) is 0 Å². The predicted molar refractivity (Wildman–Crippen MR) is 118 cm³/mol. The van der Waals surface area contributed by atoms with Crippen LogP contribution in [0.1, 0.15) is 18.1 Å². The topological polar surface area (TPSA) is 81.7 Å². The number of benzene rings is 2. The number of hydrogen-bond donors (Lipinski definition) is 0. The van der Waals surface area contributed by atoms with E-state index in [0.29, 0.717) is 34.1 Å². The Bertz CT molecular complexity index is 976. The maximum atomic E-state index is 13.1. The second-order valence-electron chi connectivity index (χ2n) is 6.85. The molecule has 0 spiro atoms. The van der Waals surface area contributed by atoms with Crippen molar-refractivity contribution < 1.29 is 38.0 Å².